The van der Waals surface area contributed by atoms with E-state index in [0.29, 0.717) is 17.4 Å². The Labute approximate surface area is 110 Å². The number of para-hydroxylation sites is 1. The number of nitrogens with zero attached hydrogens (tertiary/aromatic N) is 1. The van der Waals surface area contributed by atoms with E-state index in [0.717, 1.165) is 0 Å². The SMILES string of the molecule is CCOC(=O)c1cn(CC)c2c(O)cccc2c1=O. The van der Waals surface area contributed by atoms with E-state index < -0.39 is 11.4 Å². The molecule has 0 amide bonds. The normalized spacial score (nSPS) is 10.6. The number of rotatable bonds is 3. The van der Waals surface area contributed by atoms with Gasteiger partial charge in [0.2, 0.25) is 5.43 Å². The first kappa shape index (κ1) is 13.1. The van der Waals surface area contributed by atoms with Crippen molar-refractivity contribution in [2.45, 2.75) is 20.4 Å². The highest BCUT2D eigenvalue weighted by atomic mass is 16.5. The van der Waals surface area contributed by atoms with E-state index in [1.165, 1.54) is 12.3 Å². The van der Waals surface area contributed by atoms with Crippen LogP contribution in [0.25, 0.3) is 10.9 Å². The van der Waals surface area contributed by atoms with Gasteiger partial charge in [0.25, 0.3) is 0 Å². The second-order valence-corrected chi connectivity index (χ2v) is 4.05. The summed E-state index contributed by atoms with van der Waals surface area (Å²) in [5.74, 6) is -0.619. The molecule has 0 radical (unpaired) electrons. The predicted octanol–water partition coefficient (Wildman–Crippen LogP) is 1.90. The van der Waals surface area contributed by atoms with Crippen LogP contribution < -0.4 is 5.43 Å². The van der Waals surface area contributed by atoms with Crippen molar-refractivity contribution in [3.8, 4) is 5.75 Å². The number of esters is 1. The number of aromatic nitrogens is 1. The fourth-order valence-electron chi connectivity index (χ4n) is 2.04. The van der Waals surface area contributed by atoms with Crippen LogP contribution in [0.5, 0.6) is 5.75 Å². The molecule has 19 heavy (non-hydrogen) atoms. The number of pyridine rings is 1. The number of hydrogen-bond acceptors (Lipinski definition) is 4. The van der Waals surface area contributed by atoms with Gasteiger partial charge in [0, 0.05) is 12.7 Å². The van der Waals surface area contributed by atoms with Gasteiger partial charge in [-0.15, -0.1) is 0 Å². The molecule has 0 spiro atoms. The van der Waals surface area contributed by atoms with Crippen molar-refractivity contribution in [2.75, 3.05) is 6.61 Å². The molecule has 100 valence electrons. The van der Waals surface area contributed by atoms with Crippen LogP contribution in [0.4, 0.5) is 0 Å². The lowest BCUT2D eigenvalue weighted by Gasteiger charge is -2.12. The van der Waals surface area contributed by atoms with Gasteiger partial charge < -0.3 is 14.4 Å². The number of phenols is 1. The molecule has 5 nitrogen and oxygen atoms in total. The molecule has 1 N–H and O–H groups in total. The van der Waals surface area contributed by atoms with Crippen LogP contribution in [-0.4, -0.2) is 22.2 Å². The zero-order valence-corrected chi connectivity index (χ0v) is 10.8. The van der Waals surface area contributed by atoms with E-state index in [4.69, 9.17) is 4.74 Å². The van der Waals surface area contributed by atoms with Gasteiger partial charge in [0.05, 0.1) is 17.5 Å². The maximum Gasteiger partial charge on any atom is 0.343 e. The van der Waals surface area contributed by atoms with Gasteiger partial charge in [0.1, 0.15) is 11.3 Å². The summed E-state index contributed by atoms with van der Waals surface area (Å²) in [4.78, 5) is 24.0. The molecule has 1 aromatic carbocycles. The summed E-state index contributed by atoms with van der Waals surface area (Å²) in [6.45, 7) is 4.29. The van der Waals surface area contributed by atoms with Crippen LogP contribution in [0.2, 0.25) is 0 Å². The smallest absolute Gasteiger partial charge is 0.343 e. The second-order valence-electron chi connectivity index (χ2n) is 4.05. The van der Waals surface area contributed by atoms with Gasteiger partial charge in [0.15, 0.2) is 0 Å². The van der Waals surface area contributed by atoms with Gasteiger partial charge >= 0.3 is 5.97 Å². The third kappa shape index (κ3) is 2.19. The first-order valence-electron chi connectivity index (χ1n) is 6.12. The van der Waals surface area contributed by atoms with Crippen molar-refractivity contribution in [3.63, 3.8) is 0 Å². The van der Waals surface area contributed by atoms with Crippen LogP contribution in [-0.2, 0) is 11.3 Å². The van der Waals surface area contributed by atoms with Crippen molar-refractivity contribution < 1.29 is 14.6 Å². The van der Waals surface area contributed by atoms with E-state index in [1.54, 1.807) is 23.6 Å². The second kappa shape index (κ2) is 5.14. The van der Waals surface area contributed by atoms with Gasteiger partial charge in [-0.05, 0) is 26.0 Å². The number of ether oxygens (including phenoxy) is 1. The van der Waals surface area contributed by atoms with E-state index in [-0.39, 0.29) is 17.9 Å². The molecule has 1 aromatic heterocycles. The highest BCUT2D eigenvalue weighted by Crippen LogP contribution is 2.22. The van der Waals surface area contributed by atoms with Gasteiger partial charge in [-0.25, -0.2) is 4.79 Å². The lowest BCUT2D eigenvalue weighted by molar-refractivity contribution is 0.0524. The zero-order chi connectivity index (χ0) is 14.0. The van der Waals surface area contributed by atoms with Gasteiger partial charge in [-0.3, -0.25) is 4.79 Å². The molecular formula is C14H15NO4. The molecule has 0 saturated carbocycles. The summed E-state index contributed by atoms with van der Waals surface area (Å²) in [5, 5.41) is 10.2. The molecule has 0 aliphatic carbocycles. The summed E-state index contributed by atoms with van der Waals surface area (Å²) in [7, 11) is 0. The average molecular weight is 261 g/mol. The largest absolute Gasteiger partial charge is 0.506 e. The number of fused-ring (bicyclic) bond motifs is 1. The maximum atomic E-state index is 12.2. The fraction of sp³-hybridized carbons (Fsp3) is 0.286. The molecule has 0 aliphatic rings. The Morgan fingerprint density at radius 1 is 1.37 bits per heavy atom. The minimum absolute atomic E-state index is 0.0122. The molecule has 2 rings (SSSR count). The van der Waals surface area contributed by atoms with Crippen LogP contribution in [0.15, 0.2) is 29.2 Å². The van der Waals surface area contributed by atoms with E-state index in [9.17, 15) is 14.7 Å². The average Bonchev–Trinajstić information content (AvgIpc) is 2.40. The van der Waals surface area contributed by atoms with E-state index >= 15 is 0 Å². The van der Waals surface area contributed by atoms with Crippen molar-refractivity contribution in [1.29, 1.82) is 0 Å². The van der Waals surface area contributed by atoms with Gasteiger partial charge in [-0.2, -0.15) is 0 Å². The zero-order valence-electron chi connectivity index (χ0n) is 10.8. The molecule has 0 atom stereocenters. The van der Waals surface area contributed by atoms with E-state index in [2.05, 4.69) is 0 Å². The summed E-state index contributed by atoms with van der Waals surface area (Å²) in [6.07, 6.45) is 1.43. The third-order valence-electron chi connectivity index (χ3n) is 2.91. The highest BCUT2D eigenvalue weighted by Gasteiger charge is 2.17. The molecule has 5 heteroatoms. The standard InChI is InChI=1S/C14H15NO4/c1-3-15-8-10(14(18)19-4-2)13(17)9-6-5-7-11(16)12(9)15/h5-8,16H,3-4H2,1-2H3. The Balaban J connectivity index is 2.80. The van der Waals surface area contributed by atoms with Crippen molar-refractivity contribution in [3.05, 3.63) is 40.2 Å². The van der Waals surface area contributed by atoms with Crippen molar-refractivity contribution in [2.24, 2.45) is 0 Å². The molecule has 0 fully saturated rings. The van der Waals surface area contributed by atoms with Crippen LogP contribution >= 0.6 is 0 Å². The number of carbonyl (C=O) groups excluding carboxylic acids is 1. The Morgan fingerprint density at radius 2 is 2.11 bits per heavy atom. The Bertz CT molecular complexity index is 688. The Kier molecular flexibility index (Phi) is 3.55. The summed E-state index contributed by atoms with van der Waals surface area (Å²) >= 11 is 0. The molecule has 1 heterocycles. The van der Waals surface area contributed by atoms with Crippen molar-refractivity contribution in [1.82, 2.24) is 4.57 Å². The number of carbonyl (C=O) groups is 1. The molecular weight excluding hydrogens is 246 g/mol. The highest BCUT2D eigenvalue weighted by molar-refractivity contribution is 5.95. The fourth-order valence-corrected chi connectivity index (χ4v) is 2.04. The topological polar surface area (TPSA) is 68.5 Å². The first-order chi connectivity index (χ1) is 9.10. The van der Waals surface area contributed by atoms with Gasteiger partial charge in [-0.1, -0.05) is 6.07 Å². The summed E-state index contributed by atoms with van der Waals surface area (Å²) < 4.78 is 6.54. The third-order valence-corrected chi connectivity index (χ3v) is 2.91. The van der Waals surface area contributed by atoms with Crippen LogP contribution in [0.3, 0.4) is 0 Å². The number of hydrogen-bond donors (Lipinski definition) is 1. The van der Waals surface area contributed by atoms with Crippen LogP contribution in [0, 0.1) is 0 Å². The molecule has 0 aliphatic heterocycles. The Hall–Kier alpha value is -2.30. The number of benzene rings is 1. The number of aryl methyl sites for hydroxylation is 1. The summed E-state index contributed by atoms with van der Waals surface area (Å²) in [5.41, 5.74) is -0.00102. The summed E-state index contributed by atoms with van der Waals surface area (Å²) in [6, 6.07) is 4.68. The lowest BCUT2D eigenvalue weighted by atomic mass is 10.1. The monoisotopic (exact) mass is 261 g/mol. The predicted molar refractivity (Wildman–Crippen MR) is 71.5 cm³/mol. The quantitative estimate of drug-likeness (QED) is 0.857. The lowest BCUT2D eigenvalue weighted by Crippen LogP contribution is -2.20. The molecule has 2 aromatic rings. The van der Waals surface area contributed by atoms with Crippen molar-refractivity contribution >= 4 is 16.9 Å². The molecule has 0 unspecified atom stereocenters. The first-order valence-corrected chi connectivity index (χ1v) is 6.12. The minimum Gasteiger partial charge on any atom is -0.506 e. The number of aromatic hydroxyl groups is 1. The number of phenolic OH excluding ortho intramolecular Hbond substituents is 1. The Morgan fingerprint density at radius 3 is 2.74 bits per heavy atom. The molecule has 0 bridgehead atoms. The van der Waals surface area contributed by atoms with E-state index in [1.807, 2.05) is 6.92 Å². The molecule has 0 saturated heterocycles. The maximum absolute atomic E-state index is 12.2. The minimum atomic E-state index is -0.639. The van der Waals surface area contributed by atoms with Crippen LogP contribution in [0.1, 0.15) is 24.2 Å².